The molecule has 3 aromatic carbocycles. The molecule has 2 N–H and O–H groups in total. The van der Waals surface area contributed by atoms with E-state index in [1.165, 1.54) is 50.4 Å². The van der Waals surface area contributed by atoms with Crippen LogP contribution in [0, 0.1) is 11.8 Å². The summed E-state index contributed by atoms with van der Waals surface area (Å²) < 4.78 is 4.75. The molecule has 4 atom stereocenters. The molecule has 0 bridgehead atoms. The fraction of sp³-hybridized carbons (Fsp3) is 0.207. The number of anilines is 1. The zero-order valence-corrected chi connectivity index (χ0v) is 20.6. The van der Waals surface area contributed by atoms with Gasteiger partial charge in [-0.05, 0) is 54.4 Å². The van der Waals surface area contributed by atoms with Gasteiger partial charge in [0.15, 0.2) is 11.3 Å². The highest BCUT2D eigenvalue weighted by atomic mass is 16.5. The number of hydrogen-bond acceptors (Lipinski definition) is 7. The Labute approximate surface area is 218 Å². The minimum absolute atomic E-state index is 0.166. The SMILES string of the molecule is COC(=O)c1ccc(C2NC(C(=O)O)(c3ccccc3)C3C(=O)N(c4ccc(C(C)=O)cc4)C(=O)C23)cc1. The van der Waals surface area contributed by atoms with Crippen molar-refractivity contribution >= 4 is 35.2 Å². The number of benzene rings is 3. The number of hydrogen-bond donors (Lipinski definition) is 2. The van der Waals surface area contributed by atoms with E-state index in [0.717, 1.165) is 4.90 Å². The smallest absolute Gasteiger partial charge is 0.337 e. The maximum absolute atomic E-state index is 13.9. The third kappa shape index (κ3) is 3.71. The number of carbonyl (C=O) groups is 5. The van der Waals surface area contributed by atoms with Crippen molar-refractivity contribution in [1.29, 1.82) is 0 Å². The number of amides is 2. The number of aliphatic carboxylic acids is 1. The number of carboxylic acids is 1. The van der Waals surface area contributed by atoms with Gasteiger partial charge in [0.05, 0.1) is 30.2 Å². The van der Waals surface area contributed by atoms with Crippen molar-refractivity contribution in [2.24, 2.45) is 11.8 Å². The number of methoxy groups -OCH3 is 1. The summed E-state index contributed by atoms with van der Waals surface area (Å²) >= 11 is 0. The molecule has 2 amide bonds. The summed E-state index contributed by atoms with van der Waals surface area (Å²) in [4.78, 5) is 65.5. The molecule has 2 fully saturated rings. The average Bonchev–Trinajstić information content (AvgIpc) is 3.43. The predicted octanol–water partition coefficient (Wildman–Crippen LogP) is 3.11. The lowest BCUT2D eigenvalue weighted by Gasteiger charge is -2.31. The lowest BCUT2D eigenvalue weighted by molar-refractivity contribution is -0.149. The van der Waals surface area contributed by atoms with Crippen molar-refractivity contribution in [3.05, 3.63) is 101 Å². The number of esters is 1. The molecule has 5 rings (SSSR count). The highest BCUT2D eigenvalue weighted by molar-refractivity contribution is 6.24. The van der Waals surface area contributed by atoms with Gasteiger partial charge in [-0.3, -0.25) is 19.7 Å². The molecule has 2 aliphatic heterocycles. The Morgan fingerprint density at radius 1 is 0.868 bits per heavy atom. The van der Waals surface area contributed by atoms with Crippen LogP contribution in [0.4, 0.5) is 5.69 Å². The van der Waals surface area contributed by atoms with Crippen LogP contribution < -0.4 is 10.2 Å². The maximum Gasteiger partial charge on any atom is 0.337 e. The highest BCUT2D eigenvalue weighted by Crippen LogP contribution is 2.53. The number of nitrogens with zero attached hydrogens (tertiary/aromatic N) is 1. The predicted molar refractivity (Wildman–Crippen MR) is 135 cm³/mol. The van der Waals surface area contributed by atoms with Gasteiger partial charge in [0, 0.05) is 11.6 Å². The number of carboxylic acid groups (broad SMARTS) is 1. The number of nitrogens with one attached hydrogen (secondary N) is 1. The highest BCUT2D eigenvalue weighted by Gasteiger charge is 2.69. The molecule has 0 radical (unpaired) electrons. The minimum Gasteiger partial charge on any atom is -0.480 e. The zero-order valence-electron chi connectivity index (χ0n) is 20.6. The summed E-state index contributed by atoms with van der Waals surface area (Å²) in [6, 6.07) is 19.8. The van der Waals surface area contributed by atoms with Gasteiger partial charge in [0.2, 0.25) is 11.8 Å². The fourth-order valence-electron chi connectivity index (χ4n) is 5.52. The lowest BCUT2D eigenvalue weighted by Crippen LogP contribution is -2.53. The van der Waals surface area contributed by atoms with Crippen molar-refractivity contribution < 1.29 is 33.8 Å². The van der Waals surface area contributed by atoms with Crippen LogP contribution in [-0.2, 0) is 24.7 Å². The molecule has 0 aliphatic carbocycles. The molecule has 38 heavy (non-hydrogen) atoms. The Hall–Kier alpha value is -4.63. The molecule has 0 saturated carbocycles. The third-order valence-corrected chi connectivity index (χ3v) is 7.35. The largest absolute Gasteiger partial charge is 0.480 e. The second-order valence-corrected chi connectivity index (χ2v) is 9.33. The van der Waals surface area contributed by atoms with Crippen molar-refractivity contribution in [2.45, 2.75) is 18.5 Å². The van der Waals surface area contributed by atoms with Crippen molar-refractivity contribution in [3.63, 3.8) is 0 Å². The van der Waals surface area contributed by atoms with Crippen LogP contribution in [0.15, 0.2) is 78.9 Å². The van der Waals surface area contributed by atoms with Gasteiger partial charge in [0.25, 0.3) is 0 Å². The van der Waals surface area contributed by atoms with Crippen LogP contribution in [0.3, 0.4) is 0 Å². The number of fused-ring (bicyclic) bond motifs is 1. The molecule has 2 heterocycles. The van der Waals surface area contributed by atoms with Gasteiger partial charge in [-0.25, -0.2) is 14.5 Å². The van der Waals surface area contributed by atoms with E-state index in [9.17, 15) is 29.1 Å². The van der Waals surface area contributed by atoms with Gasteiger partial charge >= 0.3 is 11.9 Å². The van der Waals surface area contributed by atoms with Crippen molar-refractivity contribution in [1.82, 2.24) is 5.32 Å². The lowest BCUT2D eigenvalue weighted by atomic mass is 9.75. The molecule has 9 heteroatoms. The zero-order chi connectivity index (χ0) is 27.2. The van der Waals surface area contributed by atoms with Crippen LogP contribution >= 0.6 is 0 Å². The molecule has 0 aromatic heterocycles. The average molecular weight is 513 g/mol. The summed E-state index contributed by atoms with van der Waals surface area (Å²) in [5.74, 6) is -5.50. The first-order chi connectivity index (χ1) is 18.2. The molecule has 4 unspecified atom stereocenters. The van der Waals surface area contributed by atoms with E-state index in [-0.39, 0.29) is 11.5 Å². The van der Waals surface area contributed by atoms with Crippen LogP contribution in [0.25, 0.3) is 0 Å². The summed E-state index contributed by atoms with van der Waals surface area (Å²) in [6.07, 6.45) is 0. The van der Waals surface area contributed by atoms with Crippen LogP contribution in [0.1, 0.15) is 44.8 Å². The van der Waals surface area contributed by atoms with E-state index in [4.69, 9.17) is 4.74 Å². The summed E-state index contributed by atoms with van der Waals surface area (Å²) in [6.45, 7) is 1.41. The van der Waals surface area contributed by atoms with E-state index in [1.54, 1.807) is 42.5 Å². The minimum atomic E-state index is -1.89. The summed E-state index contributed by atoms with van der Waals surface area (Å²) in [5, 5.41) is 13.7. The summed E-state index contributed by atoms with van der Waals surface area (Å²) in [5.41, 5.74) is -0.0422. The number of Topliss-reactive ketones (excluding diaryl/α,β-unsaturated/α-hetero) is 1. The van der Waals surface area contributed by atoms with Gasteiger partial charge < -0.3 is 9.84 Å². The van der Waals surface area contributed by atoms with Gasteiger partial charge in [0.1, 0.15) is 0 Å². The van der Waals surface area contributed by atoms with Crippen LogP contribution in [-0.4, -0.2) is 41.8 Å². The van der Waals surface area contributed by atoms with E-state index < -0.39 is 47.2 Å². The van der Waals surface area contributed by atoms with Crippen molar-refractivity contribution in [2.75, 3.05) is 12.0 Å². The van der Waals surface area contributed by atoms with Gasteiger partial charge in [-0.15, -0.1) is 0 Å². The van der Waals surface area contributed by atoms with E-state index in [1.807, 2.05) is 0 Å². The first-order valence-corrected chi connectivity index (χ1v) is 11.9. The number of rotatable bonds is 6. The topological polar surface area (TPSA) is 130 Å². The molecule has 9 nitrogen and oxygen atoms in total. The van der Waals surface area contributed by atoms with E-state index in [0.29, 0.717) is 22.3 Å². The Morgan fingerprint density at radius 2 is 1.47 bits per heavy atom. The quantitative estimate of drug-likeness (QED) is 0.293. The van der Waals surface area contributed by atoms with E-state index >= 15 is 0 Å². The fourth-order valence-corrected chi connectivity index (χ4v) is 5.52. The summed E-state index contributed by atoms with van der Waals surface area (Å²) in [7, 11) is 1.26. The van der Waals surface area contributed by atoms with E-state index in [2.05, 4.69) is 5.32 Å². The number of ketones is 1. The van der Waals surface area contributed by atoms with Crippen molar-refractivity contribution in [3.8, 4) is 0 Å². The monoisotopic (exact) mass is 512 g/mol. The molecule has 0 spiro atoms. The number of imide groups is 1. The second-order valence-electron chi connectivity index (χ2n) is 9.33. The molecule has 3 aromatic rings. The Kier molecular flexibility index (Phi) is 6.16. The molecule has 192 valence electrons. The molecule has 2 aliphatic rings. The second kappa shape index (κ2) is 9.35. The molecular weight excluding hydrogens is 488 g/mol. The first-order valence-electron chi connectivity index (χ1n) is 11.9. The normalized spacial score (nSPS) is 24.3. The van der Waals surface area contributed by atoms with Gasteiger partial charge in [-0.2, -0.15) is 0 Å². The maximum atomic E-state index is 13.9. The Morgan fingerprint density at radius 3 is 2.03 bits per heavy atom. The van der Waals surface area contributed by atoms with Crippen LogP contribution in [0.5, 0.6) is 0 Å². The number of carbonyl (C=O) groups excluding carboxylic acids is 4. The van der Waals surface area contributed by atoms with Gasteiger partial charge in [-0.1, -0.05) is 42.5 Å². The molecular formula is C29H24N2O7. The Balaban J connectivity index is 1.65. The van der Waals surface area contributed by atoms with Crippen LogP contribution in [0.2, 0.25) is 0 Å². The third-order valence-electron chi connectivity index (χ3n) is 7.35. The Bertz CT molecular complexity index is 1450. The first kappa shape index (κ1) is 25.0. The number of ether oxygens (including phenoxy) is 1. The standard InChI is InChI=1S/C29H24N2O7/c1-16(32)17-12-14-21(15-13-17)31-25(33)22-23(26(31)34)29(28(36)37,20-6-4-3-5-7-20)30-24(22)18-8-10-19(11-9-18)27(35)38-2/h3-15,22-24,30H,1-2H3,(H,36,37). The molecule has 2 saturated heterocycles.